The molecule has 168 valence electrons. The number of aromatic carboxylic acids is 1. The van der Waals surface area contributed by atoms with Gasteiger partial charge in [0.2, 0.25) is 5.88 Å². The predicted octanol–water partition coefficient (Wildman–Crippen LogP) is 5.47. The summed E-state index contributed by atoms with van der Waals surface area (Å²) in [7, 11) is 0. The molecule has 0 aliphatic heterocycles. The number of aromatic nitrogens is 3. The van der Waals surface area contributed by atoms with Gasteiger partial charge in [-0.05, 0) is 49.2 Å². The van der Waals surface area contributed by atoms with E-state index in [0.717, 1.165) is 25.1 Å². The van der Waals surface area contributed by atoms with Crippen molar-refractivity contribution in [3.05, 3.63) is 72.3 Å². The van der Waals surface area contributed by atoms with E-state index in [1.54, 1.807) is 24.3 Å². The van der Waals surface area contributed by atoms with Crippen LogP contribution in [-0.2, 0) is 6.18 Å². The van der Waals surface area contributed by atoms with Crippen LogP contribution < -0.4 is 9.47 Å². The van der Waals surface area contributed by atoms with E-state index in [4.69, 9.17) is 9.47 Å². The van der Waals surface area contributed by atoms with E-state index < -0.39 is 17.8 Å². The van der Waals surface area contributed by atoms with Crippen LogP contribution in [0.1, 0.15) is 29.0 Å². The van der Waals surface area contributed by atoms with E-state index in [-0.39, 0.29) is 23.4 Å². The van der Waals surface area contributed by atoms with Crippen molar-refractivity contribution < 1.29 is 32.5 Å². The van der Waals surface area contributed by atoms with Gasteiger partial charge in [0.1, 0.15) is 22.9 Å². The molecule has 1 N–H and O–H groups in total. The normalized spacial score (nSPS) is 13.8. The number of pyridine rings is 2. The average molecular weight is 455 g/mol. The van der Waals surface area contributed by atoms with Crippen LogP contribution in [0, 0.1) is 0 Å². The summed E-state index contributed by atoms with van der Waals surface area (Å²) in [6.45, 7) is 0. The molecule has 0 amide bonds. The lowest BCUT2D eigenvalue weighted by atomic mass is 10.2. The largest absolute Gasteiger partial charge is 0.490 e. The fourth-order valence-corrected chi connectivity index (χ4v) is 3.38. The van der Waals surface area contributed by atoms with Crippen molar-refractivity contribution in [2.75, 3.05) is 0 Å². The van der Waals surface area contributed by atoms with Crippen molar-refractivity contribution in [2.24, 2.45) is 0 Å². The third kappa shape index (κ3) is 4.32. The first-order valence-corrected chi connectivity index (χ1v) is 10.0. The van der Waals surface area contributed by atoms with Crippen molar-refractivity contribution in [3.63, 3.8) is 0 Å². The third-order valence-electron chi connectivity index (χ3n) is 5.05. The summed E-state index contributed by atoms with van der Waals surface area (Å²) in [6, 6.07) is 12.0. The van der Waals surface area contributed by atoms with Gasteiger partial charge in [-0.2, -0.15) is 13.2 Å². The molecule has 33 heavy (non-hydrogen) atoms. The van der Waals surface area contributed by atoms with Crippen LogP contribution in [0.4, 0.5) is 13.2 Å². The van der Waals surface area contributed by atoms with Crippen molar-refractivity contribution in [3.8, 4) is 23.1 Å². The quantitative estimate of drug-likeness (QED) is 0.415. The van der Waals surface area contributed by atoms with Crippen LogP contribution in [0.2, 0.25) is 0 Å². The van der Waals surface area contributed by atoms with Crippen LogP contribution >= 0.6 is 0 Å². The number of hydrogen-bond donors (Lipinski definition) is 1. The molecular formula is C23H16F3N3O4. The molecule has 7 nitrogen and oxygen atoms in total. The lowest BCUT2D eigenvalue weighted by molar-refractivity contribution is -0.141. The van der Waals surface area contributed by atoms with Gasteiger partial charge in [-0.3, -0.25) is 4.98 Å². The summed E-state index contributed by atoms with van der Waals surface area (Å²) in [5.74, 6) is -0.538. The van der Waals surface area contributed by atoms with Crippen LogP contribution in [0.15, 0.2) is 60.9 Å². The summed E-state index contributed by atoms with van der Waals surface area (Å²) in [4.78, 5) is 19.3. The molecule has 1 aliphatic rings. The van der Waals surface area contributed by atoms with Gasteiger partial charge in [-0.15, -0.1) is 0 Å². The van der Waals surface area contributed by atoms with Gasteiger partial charge in [-0.1, -0.05) is 0 Å². The Bertz CT molecular complexity index is 1350. The Balaban J connectivity index is 1.53. The molecule has 0 bridgehead atoms. The Morgan fingerprint density at radius 1 is 1.03 bits per heavy atom. The Kier molecular flexibility index (Phi) is 4.92. The zero-order valence-electron chi connectivity index (χ0n) is 16.9. The van der Waals surface area contributed by atoms with E-state index in [1.165, 1.54) is 29.0 Å². The molecular weight excluding hydrogens is 439 g/mol. The maximum atomic E-state index is 12.9. The van der Waals surface area contributed by atoms with Gasteiger partial charge in [0.05, 0.1) is 11.6 Å². The van der Waals surface area contributed by atoms with Crippen LogP contribution in [0.3, 0.4) is 0 Å². The lowest BCUT2D eigenvalue weighted by Gasteiger charge is -2.11. The summed E-state index contributed by atoms with van der Waals surface area (Å²) < 4.78 is 51.6. The number of halogens is 3. The van der Waals surface area contributed by atoms with Gasteiger partial charge >= 0.3 is 12.1 Å². The second kappa shape index (κ2) is 7.80. The zero-order valence-corrected chi connectivity index (χ0v) is 16.9. The zero-order chi connectivity index (χ0) is 23.2. The number of carbonyl (C=O) groups is 1. The Hall–Kier alpha value is -4.08. The molecule has 1 fully saturated rings. The summed E-state index contributed by atoms with van der Waals surface area (Å²) in [6.07, 6.45) is 0.0548. The fraction of sp³-hybridized carbons (Fsp3) is 0.174. The Labute approximate surface area is 185 Å². The molecule has 3 aromatic heterocycles. The molecule has 5 rings (SSSR count). The van der Waals surface area contributed by atoms with Gasteiger partial charge in [0, 0.05) is 35.6 Å². The number of benzene rings is 1. The highest BCUT2D eigenvalue weighted by Gasteiger charge is 2.32. The van der Waals surface area contributed by atoms with E-state index in [9.17, 15) is 23.1 Å². The smallest absolute Gasteiger partial charge is 0.433 e. The minimum absolute atomic E-state index is 0.00285. The predicted molar refractivity (Wildman–Crippen MR) is 111 cm³/mol. The molecule has 3 heterocycles. The van der Waals surface area contributed by atoms with Crippen molar-refractivity contribution in [1.82, 2.24) is 14.5 Å². The third-order valence-corrected chi connectivity index (χ3v) is 5.05. The first-order chi connectivity index (χ1) is 15.8. The van der Waals surface area contributed by atoms with Gasteiger partial charge in [0.25, 0.3) is 0 Å². The summed E-state index contributed by atoms with van der Waals surface area (Å²) >= 11 is 0. The second-order valence-electron chi connectivity index (χ2n) is 7.54. The number of rotatable bonds is 6. The van der Waals surface area contributed by atoms with E-state index in [0.29, 0.717) is 22.3 Å². The summed E-state index contributed by atoms with van der Waals surface area (Å²) in [5, 5.41) is 10.2. The standard InChI is InChI=1S/C23H16F3N3O4/c24-23(25,26)20-10-17(7-8-27-20)33-21-11-18-13(12-28-21)9-19(22(30)31)29(18)14-1-3-15(4-2-14)32-16-5-6-16/h1-4,7-12,16H,5-6H2,(H,30,31). The molecule has 0 radical (unpaired) electrons. The highest BCUT2D eigenvalue weighted by atomic mass is 19.4. The van der Waals surface area contributed by atoms with E-state index in [2.05, 4.69) is 9.97 Å². The van der Waals surface area contributed by atoms with Crippen molar-refractivity contribution in [1.29, 1.82) is 0 Å². The molecule has 1 aromatic carbocycles. The molecule has 4 aromatic rings. The number of ether oxygens (including phenoxy) is 2. The number of carboxylic acid groups (broad SMARTS) is 1. The molecule has 0 saturated heterocycles. The number of carboxylic acids is 1. The minimum Gasteiger partial charge on any atom is -0.490 e. The fourth-order valence-electron chi connectivity index (χ4n) is 3.38. The van der Waals surface area contributed by atoms with Crippen molar-refractivity contribution >= 4 is 16.9 Å². The first-order valence-electron chi connectivity index (χ1n) is 10.0. The molecule has 1 aliphatic carbocycles. The van der Waals surface area contributed by atoms with Crippen LogP contribution in [0.25, 0.3) is 16.6 Å². The Morgan fingerprint density at radius 3 is 2.45 bits per heavy atom. The van der Waals surface area contributed by atoms with Crippen LogP contribution in [0.5, 0.6) is 17.4 Å². The molecule has 10 heteroatoms. The topological polar surface area (TPSA) is 86.5 Å². The molecule has 0 atom stereocenters. The first kappa shape index (κ1) is 20.8. The number of nitrogens with zero attached hydrogens (tertiary/aromatic N) is 3. The SMILES string of the molecule is O=C(O)c1cc2cnc(Oc3ccnc(C(F)(F)F)c3)cc2n1-c1ccc(OC2CC2)cc1. The summed E-state index contributed by atoms with van der Waals surface area (Å²) in [5.41, 5.74) is -0.0430. The number of hydrogen-bond acceptors (Lipinski definition) is 5. The average Bonchev–Trinajstić information content (AvgIpc) is 3.51. The molecule has 0 spiro atoms. The maximum absolute atomic E-state index is 12.9. The lowest BCUT2D eigenvalue weighted by Crippen LogP contribution is -2.07. The molecule has 0 unspecified atom stereocenters. The second-order valence-corrected chi connectivity index (χ2v) is 7.54. The van der Waals surface area contributed by atoms with Gasteiger partial charge in [-0.25, -0.2) is 9.78 Å². The number of alkyl halides is 3. The van der Waals surface area contributed by atoms with Crippen molar-refractivity contribution in [2.45, 2.75) is 25.1 Å². The van der Waals surface area contributed by atoms with Crippen LogP contribution in [-0.4, -0.2) is 31.7 Å². The highest BCUT2D eigenvalue weighted by Crippen LogP contribution is 2.33. The Morgan fingerprint density at radius 2 is 1.79 bits per heavy atom. The maximum Gasteiger partial charge on any atom is 0.433 e. The number of fused-ring (bicyclic) bond motifs is 1. The minimum atomic E-state index is -4.61. The molecule has 1 saturated carbocycles. The van der Waals surface area contributed by atoms with Gasteiger partial charge in [0.15, 0.2) is 0 Å². The highest BCUT2D eigenvalue weighted by molar-refractivity contribution is 5.96. The van der Waals surface area contributed by atoms with Gasteiger partial charge < -0.3 is 19.1 Å². The van der Waals surface area contributed by atoms with E-state index in [1.807, 2.05) is 0 Å². The van der Waals surface area contributed by atoms with E-state index >= 15 is 0 Å². The monoisotopic (exact) mass is 455 g/mol.